The SMILES string of the molecule is CCCCCCCC(=O)c1c#cccc1. The van der Waals surface area contributed by atoms with Crippen LogP contribution in [-0.2, 0) is 0 Å². The molecule has 0 saturated carbocycles. The van der Waals surface area contributed by atoms with E-state index in [0.717, 1.165) is 12.8 Å². The van der Waals surface area contributed by atoms with E-state index in [1.807, 2.05) is 12.1 Å². The van der Waals surface area contributed by atoms with Crippen LogP contribution in [0.2, 0.25) is 0 Å². The van der Waals surface area contributed by atoms with Crippen LogP contribution in [-0.4, -0.2) is 5.78 Å². The van der Waals surface area contributed by atoms with Crippen LogP contribution in [0.4, 0.5) is 0 Å². The first kappa shape index (κ1) is 11.8. The highest BCUT2D eigenvalue weighted by Gasteiger charge is 2.03. The Hall–Kier alpha value is -1.29. The number of hydrogen-bond acceptors (Lipinski definition) is 1. The summed E-state index contributed by atoms with van der Waals surface area (Å²) in [7, 11) is 0. The van der Waals surface area contributed by atoms with Crippen molar-refractivity contribution in [2.45, 2.75) is 45.4 Å². The van der Waals surface area contributed by atoms with Crippen molar-refractivity contribution in [3.05, 3.63) is 35.9 Å². The molecule has 0 radical (unpaired) electrons. The second kappa shape index (κ2) is 7.06. The van der Waals surface area contributed by atoms with Gasteiger partial charge in [0.25, 0.3) is 0 Å². The molecule has 0 amide bonds. The molecule has 1 aromatic carbocycles. The van der Waals surface area contributed by atoms with Gasteiger partial charge in [-0.1, -0.05) is 50.8 Å². The fourth-order valence-electron chi connectivity index (χ4n) is 1.54. The average Bonchev–Trinajstić information content (AvgIpc) is 2.30. The molecule has 0 atom stereocenters. The van der Waals surface area contributed by atoms with Crippen molar-refractivity contribution in [1.29, 1.82) is 0 Å². The molecular weight excluding hydrogens is 184 g/mol. The Bertz CT molecular complexity index is 277. The number of carbonyl (C=O) groups excluding carboxylic acids is 1. The normalized spacial score (nSPS) is 9.67. The van der Waals surface area contributed by atoms with Gasteiger partial charge in [0.1, 0.15) is 0 Å². The van der Waals surface area contributed by atoms with Crippen LogP contribution in [0.25, 0.3) is 0 Å². The number of rotatable bonds is 7. The molecule has 0 heterocycles. The zero-order valence-electron chi connectivity index (χ0n) is 9.38. The van der Waals surface area contributed by atoms with Gasteiger partial charge in [-0.25, -0.2) is 0 Å². The minimum absolute atomic E-state index is 0.198. The fraction of sp³-hybridized carbons (Fsp3) is 0.500. The third kappa shape index (κ3) is 4.65. The molecule has 0 aromatic heterocycles. The standard InChI is InChI=1S/C14H18O/c1-2-3-4-5-9-12-14(15)13-10-7-6-8-11-13/h6-7,10H,2-5,9,12H2,1H3. The van der Waals surface area contributed by atoms with Crippen molar-refractivity contribution in [3.63, 3.8) is 0 Å². The van der Waals surface area contributed by atoms with E-state index < -0.39 is 0 Å². The quantitative estimate of drug-likeness (QED) is 0.485. The van der Waals surface area contributed by atoms with Crippen molar-refractivity contribution >= 4 is 5.78 Å². The molecule has 0 aliphatic rings. The van der Waals surface area contributed by atoms with E-state index in [4.69, 9.17) is 0 Å². The third-order valence-corrected chi connectivity index (χ3v) is 2.46. The summed E-state index contributed by atoms with van der Waals surface area (Å²) in [6.45, 7) is 2.19. The highest BCUT2D eigenvalue weighted by Crippen LogP contribution is 2.08. The lowest BCUT2D eigenvalue weighted by molar-refractivity contribution is 0.0979. The first-order chi connectivity index (χ1) is 7.34. The van der Waals surface area contributed by atoms with Crippen molar-refractivity contribution in [2.75, 3.05) is 0 Å². The highest BCUT2D eigenvalue weighted by molar-refractivity contribution is 5.95. The van der Waals surface area contributed by atoms with E-state index in [9.17, 15) is 4.79 Å². The molecule has 0 fully saturated rings. The van der Waals surface area contributed by atoms with E-state index in [1.54, 1.807) is 6.07 Å². The fourth-order valence-corrected chi connectivity index (χ4v) is 1.54. The van der Waals surface area contributed by atoms with E-state index in [1.165, 1.54) is 19.3 Å². The molecule has 1 aromatic rings. The summed E-state index contributed by atoms with van der Waals surface area (Å²) >= 11 is 0. The monoisotopic (exact) mass is 202 g/mol. The first-order valence-corrected chi connectivity index (χ1v) is 5.76. The zero-order chi connectivity index (χ0) is 10.9. The van der Waals surface area contributed by atoms with Crippen LogP contribution in [0.3, 0.4) is 0 Å². The van der Waals surface area contributed by atoms with Crippen LogP contribution in [0.5, 0.6) is 0 Å². The molecule has 1 rings (SSSR count). The minimum Gasteiger partial charge on any atom is -0.293 e. The minimum atomic E-state index is 0.198. The van der Waals surface area contributed by atoms with E-state index in [2.05, 4.69) is 19.1 Å². The van der Waals surface area contributed by atoms with E-state index in [-0.39, 0.29) is 5.78 Å². The first-order valence-electron chi connectivity index (χ1n) is 5.76. The Kier molecular flexibility index (Phi) is 5.55. The highest BCUT2D eigenvalue weighted by atomic mass is 16.1. The molecular formula is C14H18O. The zero-order valence-corrected chi connectivity index (χ0v) is 9.38. The number of carbonyl (C=O) groups is 1. The molecule has 0 N–H and O–H groups in total. The van der Waals surface area contributed by atoms with Crippen LogP contribution >= 0.6 is 0 Å². The van der Waals surface area contributed by atoms with Gasteiger partial charge < -0.3 is 0 Å². The smallest absolute Gasteiger partial charge is 0.171 e. The Morgan fingerprint density at radius 1 is 1.27 bits per heavy atom. The molecule has 0 unspecified atom stereocenters. The van der Waals surface area contributed by atoms with Crippen LogP contribution in [0, 0.1) is 12.1 Å². The summed E-state index contributed by atoms with van der Waals surface area (Å²) in [4.78, 5) is 11.6. The van der Waals surface area contributed by atoms with Gasteiger partial charge in [-0.15, -0.1) is 0 Å². The predicted octanol–water partition coefficient (Wildman–Crippen LogP) is 3.83. The average molecular weight is 202 g/mol. The van der Waals surface area contributed by atoms with Gasteiger partial charge in [0.05, 0.1) is 5.56 Å². The topological polar surface area (TPSA) is 17.1 Å². The lowest BCUT2D eigenvalue weighted by Gasteiger charge is -1.99. The lowest BCUT2D eigenvalue weighted by atomic mass is 10.1. The second-order valence-corrected chi connectivity index (χ2v) is 3.80. The third-order valence-electron chi connectivity index (χ3n) is 2.46. The predicted molar refractivity (Wildman–Crippen MR) is 61.8 cm³/mol. The summed E-state index contributed by atoms with van der Waals surface area (Å²) in [6.07, 6.45) is 6.58. The largest absolute Gasteiger partial charge is 0.293 e. The van der Waals surface area contributed by atoms with Crippen LogP contribution < -0.4 is 0 Å². The Morgan fingerprint density at radius 2 is 2.07 bits per heavy atom. The van der Waals surface area contributed by atoms with Crippen molar-refractivity contribution in [1.82, 2.24) is 0 Å². The lowest BCUT2D eigenvalue weighted by Crippen LogP contribution is -1.97. The van der Waals surface area contributed by atoms with Crippen LogP contribution in [0.1, 0.15) is 55.8 Å². The maximum absolute atomic E-state index is 11.6. The van der Waals surface area contributed by atoms with Gasteiger partial charge >= 0.3 is 0 Å². The van der Waals surface area contributed by atoms with Gasteiger partial charge in [-0.3, -0.25) is 4.79 Å². The summed E-state index contributed by atoms with van der Waals surface area (Å²) < 4.78 is 0. The van der Waals surface area contributed by atoms with Crippen molar-refractivity contribution in [3.8, 4) is 0 Å². The molecule has 1 heteroatoms. The molecule has 0 aliphatic heterocycles. The van der Waals surface area contributed by atoms with Gasteiger partial charge in [0.15, 0.2) is 5.78 Å². The maximum Gasteiger partial charge on any atom is 0.171 e. The van der Waals surface area contributed by atoms with Crippen molar-refractivity contribution < 1.29 is 4.79 Å². The van der Waals surface area contributed by atoms with Gasteiger partial charge in [0.2, 0.25) is 0 Å². The second-order valence-electron chi connectivity index (χ2n) is 3.80. The molecule has 0 aliphatic carbocycles. The van der Waals surface area contributed by atoms with E-state index >= 15 is 0 Å². The van der Waals surface area contributed by atoms with Crippen LogP contribution in [0.15, 0.2) is 18.2 Å². The Balaban J connectivity index is 2.20. The number of hydrogen-bond donors (Lipinski definition) is 0. The number of ketones is 1. The number of unbranched alkanes of at least 4 members (excludes halogenated alkanes) is 4. The summed E-state index contributed by atoms with van der Waals surface area (Å²) in [6, 6.07) is 11.1. The van der Waals surface area contributed by atoms with E-state index in [0.29, 0.717) is 12.0 Å². The van der Waals surface area contributed by atoms with Gasteiger partial charge in [-0.2, -0.15) is 0 Å². The molecule has 80 valence electrons. The summed E-state index contributed by atoms with van der Waals surface area (Å²) in [5.41, 5.74) is 0.674. The Labute approximate surface area is 92.5 Å². The molecule has 1 nitrogen and oxygen atoms in total. The molecule has 0 bridgehead atoms. The maximum atomic E-state index is 11.6. The Morgan fingerprint density at radius 3 is 2.73 bits per heavy atom. The summed E-state index contributed by atoms with van der Waals surface area (Å²) in [5.74, 6) is 0.198. The summed E-state index contributed by atoms with van der Waals surface area (Å²) in [5, 5.41) is 0. The molecule has 0 saturated heterocycles. The molecule has 0 spiro atoms. The molecule has 15 heavy (non-hydrogen) atoms. The van der Waals surface area contributed by atoms with Gasteiger partial charge in [0, 0.05) is 6.42 Å². The number of Topliss-reactive ketones (excluding diaryl/α,β-unsaturated/α-hetero) is 1. The van der Waals surface area contributed by atoms with Gasteiger partial charge in [-0.05, 0) is 18.6 Å². The van der Waals surface area contributed by atoms with Crippen molar-refractivity contribution in [2.24, 2.45) is 0 Å².